The number of piperazine rings is 1. The van der Waals surface area contributed by atoms with Crippen LogP contribution < -0.4 is 4.90 Å². The molecule has 4 nitrogen and oxygen atoms in total. The van der Waals surface area contributed by atoms with E-state index in [1.54, 1.807) is 0 Å². The van der Waals surface area contributed by atoms with Gasteiger partial charge in [-0.3, -0.25) is 9.88 Å². The third kappa shape index (κ3) is 3.80. The molecule has 1 aliphatic rings. The Morgan fingerprint density at radius 2 is 1.83 bits per heavy atom. The number of rotatable bonds is 4. The Morgan fingerprint density at radius 3 is 2.69 bits per heavy atom. The molecular formula is C23H21Cl2N3O. The van der Waals surface area contributed by atoms with E-state index in [1.165, 1.54) is 5.56 Å². The molecule has 0 spiro atoms. The number of hydrogen-bond donors (Lipinski definition) is 0. The maximum atomic E-state index is 6.35. The van der Waals surface area contributed by atoms with E-state index in [1.807, 2.05) is 48.9 Å². The minimum atomic E-state index is 0.746. The van der Waals surface area contributed by atoms with Crippen LogP contribution in [0.4, 0.5) is 5.69 Å². The van der Waals surface area contributed by atoms with Crippen molar-refractivity contribution in [3.63, 3.8) is 0 Å². The molecular weight excluding hydrogens is 405 g/mol. The van der Waals surface area contributed by atoms with E-state index in [0.717, 1.165) is 76.7 Å². The first-order valence-electron chi connectivity index (χ1n) is 9.84. The van der Waals surface area contributed by atoms with E-state index >= 15 is 0 Å². The predicted molar refractivity (Wildman–Crippen MR) is 120 cm³/mol. The Morgan fingerprint density at radius 1 is 0.966 bits per heavy atom. The predicted octanol–water partition coefficient (Wildman–Crippen LogP) is 5.65. The van der Waals surface area contributed by atoms with Crippen molar-refractivity contribution in [2.75, 3.05) is 37.6 Å². The van der Waals surface area contributed by atoms with Crippen molar-refractivity contribution in [2.45, 2.75) is 6.42 Å². The number of furan rings is 1. The molecule has 0 aliphatic carbocycles. The van der Waals surface area contributed by atoms with Gasteiger partial charge in [-0.15, -0.1) is 0 Å². The second kappa shape index (κ2) is 7.86. The van der Waals surface area contributed by atoms with Gasteiger partial charge in [-0.05, 0) is 48.4 Å². The van der Waals surface area contributed by atoms with Crippen molar-refractivity contribution in [3.8, 4) is 0 Å². The van der Waals surface area contributed by atoms with Gasteiger partial charge in [0.25, 0.3) is 0 Å². The fourth-order valence-corrected chi connectivity index (χ4v) is 4.51. The van der Waals surface area contributed by atoms with Gasteiger partial charge in [0.1, 0.15) is 5.58 Å². The van der Waals surface area contributed by atoms with Crippen LogP contribution in [0.5, 0.6) is 0 Å². The van der Waals surface area contributed by atoms with Crippen LogP contribution in [0.25, 0.3) is 21.9 Å². The first-order valence-corrected chi connectivity index (χ1v) is 10.6. The molecule has 3 heterocycles. The van der Waals surface area contributed by atoms with Gasteiger partial charge in [0.05, 0.1) is 17.5 Å². The van der Waals surface area contributed by atoms with Gasteiger partial charge in [-0.2, -0.15) is 0 Å². The number of hydrogen-bond acceptors (Lipinski definition) is 4. The molecule has 6 heteroatoms. The van der Waals surface area contributed by atoms with Crippen LogP contribution in [0.2, 0.25) is 10.0 Å². The van der Waals surface area contributed by atoms with Crippen molar-refractivity contribution in [3.05, 3.63) is 70.5 Å². The maximum Gasteiger partial charge on any atom is 0.134 e. The van der Waals surface area contributed by atoms with Crippen LogP contribution in [0.15, 0.2) is 59.3 Å². The molecule has 2 aromatic carbocycles. The lowest BCUT2D eigenvalue weighted by atomic mass is 10.1. The molecule has 0 bridgehead atoms. The fraction of sp³-hybridized carbons (Fsp3) is 0.261. The zero-order valence-electron chi connectivity index (χ0n) is 15.9. The highest BCUT2D eigenvalue weighted by Gasteiger charge is 2.20. The quantitative estimate of drug-likeness (QED) is 0.422. The largest absolute Gasteiger partial charge is 0.464 e. The molecule has 1 aliphatic heterocycles. The summed E-state index contributed by atoms with van der Waals surface area (Å²) in [4.78, 5) is 9.48. The monoisotopic (exact) mass is 425 g/mol. The lowest BCUT2D eigenvalue weighted by Gasteiger charge is -2.36. The molecule has 0 radical (unpaired) electrons. The average Bonchev–Trinajstić information content (AvgIpc) is 3.14. The SMILES string of the molecule is Clc1cc(N2CCN(CCc3coc4ccc(Cl)cc34)CC2)c2ncccc2c1. The zero-order chi connectivity index (χ0) is 19.8. The smallest absolute Gasteiger partial charge is 0.134 e. The Balaban J connectivity index is 1.26. The number of anilines is 1. The summed E-state index contributed by atoms with van der Waals surface area (Å²) in [6, 6.07) is 13.8. The van der Waals surface area contributed by atoms with Crippen LogP contribution in [0.1, 0.15) is 5.56 Å². The highest BCUT2D eigenvalue weighted by atomic mass is 35.5. The summed E-state index contributed by atoms with van der Waals surface area (Å²) in [5, 5.41) is 3.71. The number of pyridine rings is 1. The van der Waals surface area contributed by atoms with Crippen molar-refractivity contribution in [1.29, 1.82) is 0 Å². The van der Waals surface area contributed by atoms with E-state index in [2.05, 4.69) is 20.9 Å². The Bertz CT molecular complexity index is 1170. The molecule has 2 aromatic heterocycles. The molecule has 0 atom stereocenters. The zero-order valence-corrected chi connectivity index (χ0v) is 17.5. The van der Waals surface area contributed by atoms with E-state index in [4.69, 9.17) is 27.6 Å². The molecule has 1 fully saturated rings. The molecule has 0 amide bonds. The first kappa shape index (κ1) is 18.7. The van der Waals surface area contributed by atoms with Crippen molar-refractivity contribution in [2.24, 2.45) is 0 Å². The summed E-state index contributed by atoms with van der Waals surface area (Å²) < 4.78 is 5.67. The summed E-state index contributed by atoms with van der Waals surface area (Å²) in [6.07, 6.45) is 4.66. The Hall–Kier alpha value is -2.27. The van der Waals surface area contributed by atoms with E-state index < -0.39 is 0 Å². The van der Waals surface area contributed by atoms with Gasteiger partial charge < -0.3 is 9.32 Å². The van der Waals surface area contributed by atoms with Gasteiger partial charge in [-0.25, -0.2) is 0 Å². The summed E-state index contributed by atoms with van der Waals surface area (Å²) in [6.45, 7) is 4.95. The number of aromatic nitrogens is 1. The second-order valence-electron chi connectivity index (χ2n) is 7.48. The average molecular weight is 426 g/mol. The molecule has 0 unspecified atom stereocenters. The van der Waals surface area contributed by atoms with Gasteiger partial charge in [0.15, 0.2) is 0 Å². The van der Waals surface area contributed by atoms with Crippen molar-refractivity contribution >= 4 is 50.8 Å². The standard InChI is InChI=1S/C23H21Cl2N3O/c24-18-3-4-22-20(13-18)17(15-29-22)5-7-27-8-10-28(11-9-27)21-14-19(25)12-16-2-1-6-26-23(16)21/h1-4,6,12-15H,5,7-11H2. The highest BCUT2D eigenvalue weighted by molar-refractivity contribution is 6.32. The van der Waals surface area contributed by atoms with Crippen LogP contribution >= 0.6 is 23.2 Å². The van der Waals surface area contributed by atoms with Crippen LogP contribution in [0.3, 0.4) is 0 Å². The second-order valence-corrected chi connectivity index (χ2v) is 8.35. The lowest BCUT2D eigenvalue weighted by Crippen LogP contribution is -2.47. The minimum Gasteiger partial charge on any atom is -0.464 e. The molecule has 1 saturated heterocycles. The fourth-order valence-electron chi connectivity index (χ4n) is 4.12. The Kier molecular flexibility index (Phi) is 5.08. The normalized spacial score (nSPS) is 15.4. The van der Waals surface area contributed by atoms with Crippen molar-refractivity contribution in [1.82, 2.24) is 9.88 Å². The summed E-state index contributed by atoms with van der Waals surface area (Å²) in [5.41, 5.74) is 4.26. The third-order valence-electron chi connectivity index (χ3n) is 5.68. The van der Waals surface area contributed by atoms with Crippen LogP contribution in [-0.2, 0) is 6.42 Å². The van der Waals surface area contributed by atoms with Gasteiger partial charge in [-0.1, -0.05) is 29.3 Å². The minimum absolute atomic E-state index is 0.746. The van der Waals surface area contributed by atoms with E-state index in [0.29, 0.717) is 0 Å². The number of halogens is 2. The number of benzene rings is 2. The maximum absolute atomic E-state index is 6.35. The van der Waals surface area contributed by atoms with Gasteiger partial charge in [0, 0.05) is 59.7 Å². The third-order valence-corrected chi connectivity index (χ3v) is 6.13. The number of nitrogens with zero attached hydrogens (tertiary/aromatic N) is 3. The van der Waals surface area contributed by atoms with Gasteiger partial charge >= 0.3 is 0 Å². The van der Waals surface area contributed by atoms with E-state index in [9.17, 15) is 0 Å². The summed E-state index contributed by atoms with van der Waals surface area (Å²) >= 11 is 12.5. The van der Waals surface area contributed by atoms with Gasteiger partial charge in [0.2, 0.25) is 0 Å². The van der Waals surface area contributed by atoms with Crippen LogP contribution in [-0.4, -0.2) is 42.6 Å². The van der Waals surface area contributed by atoms with E-state index in [-0.39, 0.29) is 0 Å². The highest BCUT2D eigenvalue weighted by Crippen LogP contribution is 2.30. The van der Waals surface area contributed by atoms with Crippen molar-refractivity contribution < 1.29 is 4.42 Å². The molecule has 5 rings (SSSR count). The molecule has 148 valence electrons. The lowest BCUT2D eigenvalue weighted by molar-refractivity contribution is 0.261. The summed E-state index contributed by atoms with van der Waals surface area (Å²) in [5.74, 6) is 0. The van der Waals surface area contributed by atoms with Crippen LogP contribution in [0, 0.1) is 0 Å². The molecule has 0 N–H and O–H groups in total. The topological polar surface area (TPSA) is 32.5 Å². The Labute approximate surface area is 179 Å². The first-order chi connectivity index (χ1) is 14.2. The molecule has 4 aromatic rings. The number of fused-ring (bicyclic) bond motifs is 2. The molecule has 29 heavy (non-hydrogen) atoms. The molecule has 0 saturated carbocycles. The summed E-state index contributed by atoms with van der Waals surface area (Å²) in [7, 11) is 0.